The van der Waals surface area contributed by atoms with E-state index in [2.05, 4.69) is 31.0 Å². The normalized spacial score (nSPS) is 18.6. The van der Waals surface area contributed by atoms with E-state index in [0.29, 0.717) is 5.02 Å². The number of nitrogens with zero attached hydrogens (tertiary/aromatic N) is 1. The van der Waals surface area contributed by atoms with Gasteiger partial charge in [0.25, 0.3) is 0 Å². The van der Waals surface area contributed by atoms with E-state index in [9.17, 15) is 0 Å². The molecule has 0 bridgehead atoms. The minimum atomic E-state index is 0.274. The van der Waals surface area contributed by atoms with E-state index < -0.39 is 0 Å². The number of likely N-dealkylation sites (N-methyl/N-ethyl adjacent to an activating group) is 1. The van der Waals surface area contributed by atoms with E-state index in [4.69, 9.17) is 28.9 Å². The van der Waals surface area contributed by atoms with Crippen molar-refractivity contribution < 1.29 is 0 Å². The molecular weight excluding hydrogens is 303 g/mol. The maximum absolute atomic E-state index is 6.40. The summed E-state index contributed by atoms with van der Waals surface area (Å²) < 4.78 is 0. The van der Waals surface area contributed by atoms with Gasteiger partial charge in [-0.1, -0.05) is 29.3 Å². The number of rotatable bonds is 1. The van der Waals surface area contributed by atoms with E-state index in [1.54, 1.807) is 0 Å². The fraction of sp³-hybridized carbons (Fsp3) is 0.294. The third-order valence-corrected chi connectivity index (χ3v) is 4.72. The molecule has 2 aromatic rings. The van der Waals surface area contributed by atoms with Crippen LogP contribution in [0.2, 0.25) is 10.0 Å². The summed E-state index contributed by atoms with van der Waals surface area (Å²) in [7, 11) is 2.12. The Kier molecular flexibility index (Phi) is 3.87. The number of aryl methyl sites for hydroxylation is 1. The molecule has 1 aliphatic rings. The number of benzene rings is 2. The Morgan fingerprint density at radius 3 is 2.62 bits per heavy atom. The molecular formula is C17H18Cl2N2. The monoisotopic (exact) mass is 320 g/mol. The van der Waals surface area contributed by atoms with Gasteiger partial charge < -0.3 is 10.6 Å². The first-order valence-electron chi connectivity index (χ1n) is 6.98. The van der Waals surface area contributed by atoms with E-state index >= 15 is 0 Å². The average Bonchev–Trinajstić information content (AvgIpc) is 2.39. The zero-order valence-electron chi connectivity index (χ0n) is 12.2. The highest BCUT2D eigenvalue weighted by molar-refractivity contribution is 6.35. The van der Waals surface area contributed by atoms with Gasteiger partial charge in [-0.25, -0.2) is 0 Å². The Hall–Kier alpha value is -1.22. The summed E-state index contributed by atoms with van der Waals surface area (Å²) in [6, 6.07) is 9.98. The van der Waals surface area contributed by atoms with Crippen molar-refractivity contribution in [3.05, 3.63) is 62.6 Å². The summed E-state index contributed by atoms with van der Waals surface area (Å²) in [5.41, 5.74) is 11.6. The molecule has 1 atom stereocenters. The van der Waals surface area contributed by atoms with E-state index in [0.717, 1.165) is 23.8 Å². The smallest absolute Gasteiger partial charge is 0.0468 e. The molecule has 0 saturated carbocycles. The van der Waals surface area contributed by atoms with Gasteiger partial charge in [-0.2, -0.15) is 0 Å². The lowest BCUT2D eigenvalue weighted by atomic mass is 9.83. The first-order valence-corrected chi connectivity index (χ1v) is 7.73. The molecule has 2 N–H and O–H groups in total. The van der Waals surface area contributed by atoms with E-state index in [1.165, 1.54) is 22.3 Å². The molecule has 3 rings (SSSR count). The number of hydrogen-bond donors (Lipinski definition) is 1. The SMILES string of the molecule is Cc1cc(N)ccc1C1CN(C)Cc2c(Cl)cc(Cl)cc21. The van der Waals surface area contributed by atoms with Crippen LogP contribution in [-0.4, -0.2) is 18.5 Å². The van der Waals surface area contributed by atoms with Crippen molar-refractivity contribution in [2.45, 2.75) is 19.4 Å². The first kappa shape index (κ1) is 14.7. The van der Waals surface area contributed by atoms with Crippen molar-refractivity contribution in [1.82, 2.24) is 4.90 Å². The number of nitrogens with two attached hydrogens (primary N) is 1. The fourth-order valence-electron chi connectivity index (χ4n) is 3.20. The second-order valence-electron chi connectivity index (χ2n) is 5.82. The molecule has 1 unspecified atom stereocenters. The lowest BCUT2D eigenvalue weighted by Gasteiger charge is -2.34. The Morgan fingerprint density at radius 1 is 1.14 bits per heavy atom. The summed E-state index contributed by atoms with van der Waals surface area (Å²) >= 11 is 12.6. The fourth-order valence-corrected chi connectivity index (χ4v) is 3.77. The predicted molar refractivity (Wildman–Crippen MR) is 90.2 cm³/mol. The van der Waals surface area contributed by atoms with Crippen LogP contribution in [-0.2, 0) is 6.54 Å². The average molecular weight is 321 g/mol. The van der Waals surface area contributed by atoms with Crippen LogP contribution in [0, 0.1) is 6.92 Å². The van der Waals surface area contributed by atoms with Crippen molar-refractivity contribution in [1.29, 1.82) is 0 Å². The highest BCUT2D eigenvalue weighted by Gasteiger charge is 2.27. The molecule has 1 heterocycles. The van der Waals surface area contributed by atoms with Crippen LogP contribution in [0.25, 0.3) is 0 Å². The van der Waals surface area contributed by atoms with Gasteiger partial charge in [0.2, 0.25) is 0 Å². The standard InChI is InChI=1S/C17H18Cl2N2/c1-10-5-12(20)3-4-13(10)15-8-21(2)9-16-14(15)6-11(18)7-17(16)19/h3-7,15H,8-9,20H2,1-2H3. The molecule has 0 fully saturated rings. The molecule has 0 spiro atoms. The maximum atomic E-state index is 6.40. The largest absolute Gasteiger partial charge is 0.399 e. The molecule has 2 nitrogen and oxygen atoms in total. The lowest BCUT2D eigenvalue weighted by molar-refractivity contribution is 0.295. The Balaban J connectivity index is 2.17. The molecule has 110 valence electrons. The van der Waals surface area contributed by atoms with Crippen molar-refractivity contribution >= 4 is 28.9 Å². The van der Waals surface area contributed by atoms with E-state index in [1.807, 2.05) is 18.2 Å². The van der Waals surface area contributed by atoms with Gasteiger partial charge in [0.1, 0.15) is 0 Å². The Labute approximate surface area is 135 Å². The van der Waals surface area contributed by atoms with Gasteiger partial charge in [0, 0.05) is 34.7 Å². The van der Waals surface area contributed by atoms with E-state index in [-0.39, 0.29) is 5.92 Å². The summed E-state index contributed by atoms with van der Waals surface area (Å²) in [4.78, 5) is 2.29. The zero-order chi connectivity index (χ0) is 15.1. The van der Waals surface area contributed by atoms with Gasteiger partial charge in [-0.3, -0.25) is 0 Å². The Bertz CT molecular complexity index is 697. The third kappa shape index (κ3) is 2.76. The molecule has 0 aliphatic carbocycles. The maximum Gasteiger partial charge on any atom is 0.0468 e. The minimum absolute atomic E-state index is 0.274. The molecule has 21 heavy (non-hydrogen) atoms. The summed E-state index contributed by atoms with van der Waals surface area (Å²) in [5, 5.41) is 1.45. The molecule has 0 saturated heterocycles. The summed E-state index contributed by atoms with van der Waals surface area (Å²) in [5.74, 6) is 0.274. The van der Waals surface area contributed by atoms with Crippen molar-refractivity contribution in [2.24, 2.45) is 0 Å². The van der Waals surface area contributed by atoms with Gasteiger partial charge in [-0.05, 0) is 60.5 Å². The lowest BCUT2D eigenvalue weighted by Crippen LogP contribution is -2.31. The molecule has 4 heteroatoms. The second kappa shape index (κ2) is 5.53. The van der Waals surface area contributed by atoms with Gasteiger partial charge in [0.15, 0.2) is 0 Å². The van der Waals surface area contributed by atoms with Crippen LogP contribution in [0.3, 0.4) is 0 Å². The molecule has 0 amide bonds. The van der Waals surface area contributed by atoms with Crippen LogP contribution in [0.5, 0.6) is 0 Å². The summed E-state index contributed by atoms with van der Waals surface area (Å²) in [6.45, 7) is 3.91. The van der Waals surface area contributed by atoms with Crippen molar-refractivity contribution in [3.63, 3.8) is 0 Å². The predicted octanol–water partition coefficient (Wildman–Crippen LogP) is 4.46. The third-order valence-electron chi connectivity index (χ3n) is 4.16. The van der Waals surface area contributed by atoms with Crippen LogP contribution < -0.4 is 5.73 Å². The minimum Gasteiger partial charge on any atom is -0.399 e. The van der Waals surface area contributed by atoms with Crippen LogP contribution >= 0.6 is 23.2 Å². The zero-order valence-corrected chi connectivity index (χ0v) is 13.7. The van der Waals surface area contributed by atoms with Crippen LogP contribution in [0.15, 0.2) is 30.3 Å². The summed E-state index contributed by atoms with van der Waals surface area (Å²) in [6.07, 6.45) is 0. The van der Waals surface area contributed by atoms with Crippen LogP contribution in [0.4, 0.5) is 5.69 Å². The highest BCUT2D eigenvalue weighted by Crippen LogP contribution is 2.39. The quantitative estimate of drug-likeness (QED) is 0.786. The number of hydrogen-bond acceptors (Lipinski definition) is 2. The first-order chi connectivity index (χ1) is 9.95. The number of fused-ring (bicyclic) bond motifs is 1. The van der Waals surface area contributed by atoms with Gasteiger partial charge in [-0.15, -0.1) is 0 Å². The molecule has 2 aromatic carbocycles. The highest BCUT2D eigenvalue weighted by atomic mass is 35.5. The number of nitrogen functional groups attached to an aromatic ring is 1. The molecule has 0 aromatic heterocycles. The van der Waals surface area contributed by atoms with Gasteiger partial charge >= 0.3 is 0 Å². The number of anilines is 1. The Morgan fingerprint density at radius 2 is 1.90 bits per heavy atom. The van der Waals surface area contributed by atoms with Crippen molar-refractivity contribution in [2.75, 3.05) is 19.3 Å². The molecule has 0 radical (unpaired) electrons. The van der Waals surface area contributed by atoms with Gasteiger partial charge in [0.05, 0.1) is 0 Å². The van der Waals surface area contributed by atoms with Crippen molar-refractivity contribution in [3.8, 4) is 0 Å². The molecule has 1 aliphatic heterocycles. The number of halogens is 2. The topological polar surface area (TPSA) is 29.3 Å². The second-order valence-corrected chi connectivity index (χ2v) is 6.66. The van der Waals surface area contributed by atoms with Crippen LogP contribution in [0.1, 0.15) is 28.2 Å².